The van der Waals surface area contributed by atoms with Crippen LogP contribution >= 0.6 is 11.6 Å². The highest BCUT2D eigenvalue weighted by Gasteiger charge is 2.26. The maximum absolute atomic E-state index is 14.3. The molecular weight excluding hydrogens is 423 g/mol. The second-order valence-electron chi connectivity index (χ2n) is 6.22. The SMILES string of the molecule is O=S(=O)(c1ccc(F)c(F)c1)c1cnc2c(F)cccc2c1-c1ccc(Cl)cc1. The third-order valence-corrected chi connectivity index (χ3v) is 6.45. The standard InChI is InChI=1S/C21H11ClF3NO2S/c22-13-6-4-12(5-7-13)20-15-2-1-3-17(24)21(15)26-11-19(20)29(27,28)14-8-9-16(23)18(25)10-14/h1-11H. The molecule has 0 unspecified atom stereocenters. The fourth-order valence-electron chi connectivity index (χ4n) is 3.06. The Morgan fingerprint density at radius 2 is 1.55 bits per heavy atom. The Labute approximate surface area is 169 Å². The summed E-state index contributed by atoms with van der Waals surface area (Å²) in [5.41, 5.74) is 0.631. The Morgan fingerprint density at radius 3 is 2.24 bits per heavy atom. The van der Waals surface area contributed by atoms with Gasteiger partial charge in [-0.05, 0) is 42.0 Å². The maximum atomic E-state index is 14.3. The fraction of sp³-hybridized carbons (Fsp3) is 0. The van der Waals surface area contributed by atoms with E-state index < -0.39 is 32.2 Å². The number of benzene rings is 3. The quantitative estimate of drug-likeness (QED) is 0.383. The lowest BCUT2D eigenvalue weighted by atomic mass is 10.0. The van der Waals surface area contributed by atoms with Crippen LogP contribution in [-0.4, -0.2) is 13.4 Å². The monoisotopic (exact) mass is 433 g/mol. The van der Waals surface area contributed by atoms with E-state index in [1.165, 1.54) is 12.1 Å². The van der Waals surface area contributed by atoms with Gasteiger partial charge in [-0.2, -0.15) is 0 Å². The smallest absolute Gasteiger partial charge is 0.208 e. The summed E-state index contributed by atoms with van der Waals surface area (Å²) in [6.07, 6.45) is 1.02. The van der Waals surface area contributed by atoms with Gasteiger partial charge in [0.15, 0.2) is 11.6 Å². The summed E-state index contributed by atoms with van der Waals surface area (Å²) in [5, 5.41) is 0.694. The van der Waals surface area contributed by atoms with Gasteiger partial charge in [0, 0.05) is 22.2 Å². The van der Waals surface area contributed by atoms with E-state index in [2.05, 4.69) is 4.98 Å². The van der Waals surface area contributed by atoms with Crippen LogP contribution in [0.25, 0.3) is 22.0 Å². The highest BCUT2D eigenvalue weighted by Crippen LogP contribution is 2.37. The van der Waals surface area contributed by atoms with Crippen LogP contribution in [0, 0.1) is 17.5 Å². The van der Waals surface area contributed by atoms with Gasteiger partial charge in [0.05, 0.1) is 9.79 Å². The zero-order valence-electron chi connectivity index (χ0n) is 14.5. The van der Waals surface area contributed by atoms with E-state index in [4.69, 9.17) is 11.6 Å². The lowest BCUT2D eigenvalue weighted by molar-refractivity contribution is 0.504. The Hall–Kier alpha value is -2.90. The summed E-state index contributed by atoms with van der Waals surface area (Å²) in [5.74, 6) is -3.08. The Balaban J connectivity index is 2.08. The molecule has 0 spiro atoms. The van der Waals surface area contributed by atoms with E-state index in [-0.39, 0.29) is 21.4 Å². The predicted molar refractivity (Wildman–Crippen MR) is 104 cm³/mol. The van der Waals surface area contributed by atoms with Crippen LogP contribution in [0.3, 0.4) is 0 Å². The minimum Gasteiger partial charge on any atom is -0.252 e. The molecule has 0 aliphatic heterocycles. The van der Waals surface area contributed by atoms with Crippen LogP contribution in [0.5, 0.6) is 0 Å². The molecule has 29 heavy (non-hydrogen) atoms. The van der Waals surface area contributed by atoms with Gasteiger partial charge in [-0.1, -0.05) is 35.9 Å². The molecule has 1 heterocycles. The molecule has 8 heteroatoms. The number of hydrogen-bond donors (Lipinski definition) is 0. The lowest BCUT2D eigenvalue weighted by Gasteiger charge is -2.14. The van der Waals surface area contributed by atoms with Crippen molar-refractivity contribution in [3.63, 3.8) is 0 Å². The number of pyridine rings is 1. The molecule has 0 aliphatic carbocycles. The van der Waals surface area contributed by atoms with Crippen molar-refractivity contribution in [1.82, 2.24) is 4.98 Å². The molecule has 3 aromatic carbocycles. The van der Waals surface area contributed by atoms with Gasteiger partial charge in [-0.25, -0.2) is 21.6 Å². The Morgan fingerprint density at radius 1 is 0.828 bits per heavy atom. The largest absolute Gasteiger partial charge is 0.252 e. The molecule has 1 aromatic heterocycles. The van der Waals surface area contributed by atoms with Gasteiger partial charge >= 0.3 is 0 Å². The molecule has 0 amide bonds. The number of para-hydroxylation sites is 1. The third-order valence-electron chi connectivity index (χ3n) is 4.44. The van der Waals surface area contributed by atoms with E-state index in [1.807, 2.05) is 0 Å². The van der Waals surface area contributed by atoms with Crippen LogP contribution in [0.4, 0.5) is 13.2 Å². The van der Waals surface area contributed by atoms with Crippen LogP contribution in [0.1, 0.15) is 0 Å². The number of aromatic nitrogens is 1. The first-order valence-corrected chi connectivity index (χ1v) is 10.2. The first-order chi connectivity index (χ1) is 13.8. The van der Waals surface area contributed by atoms with Crippen molar-refractivity contribution in [2.45, 2.75) is 9.79 Å². The predicted octanol–water partition coefficient (Wildman–Crippen LogP) is 5.81. The Bertz CT molecular complexity index is 1360. The minimum absolute atomic E-state index is 0.0123. The highest BCUT2D eigenvalue weighted by molar-refractivity contribution is 7.91. The molecule has 0 aliphatic rings. The van der Waals surface area contributed by atoms with Crippen LogP contribution < -0.4 is 0 Å². The van der Waals surface area contributed by atoms with Crippen molar-refractivity contribution in [3.05, 3.63) is 89.3 Å². The van der Waals surface area contributed by atoms with Crippen LogP contribution in [-0.2, 0) is 9.84 Å². The molecule has 4 aromatic rings. The number of hydrogen-bond acceptors (Lipinski definition) is 3. The average molecular weight is 434 g/mol. The lowest BCUT2D eigenvalue weighted by Crippen LogP contribution is -2.07. The first kappa shape index (κ1) is 19.4. The fourth-order valence-corrected chi connectivity index (χ4v) is 4.63. The first-order valence-electron chi connectivity index (χ1n) is 8.32. The second-order valence-corrected chi connectivity index (χ2v) is 8.57. The van der Waals surface area contributed by atoms with Crippen molar-refractivity contribution in [2.24, 2.45) is 0 Å². The highest BCUT2D eigenvalue weighted by atomic mass is 35.5. The third kappa shape index (κ3) is 3.36. The molecule has 0 radical (unpaired) electrons. The molecule has 146 valence electrons. The minimum atomic E-state index is -4.30. The van der Waals surface area contributed by atoms with Gasteiger partial charge in [0.25, 0.3) is 0 Å². The topological polar surface area (TPSA) is 47.0 Å². The van der Waals surface area contributed by atoms with Gasteiger partial charge in [-0.15, -0.1) is 0 Å². The second kappa shape index (κ2) is 7.17. The normalized spacial score (nSPS) is 11.7. The molecule has 0 atom stereocenters. The molecule has 0 fully saturated rings. The molecular formula is C21H11ClF3NO2S. The number of rotatable bonds is 3. The summed E-state index contributed by atoms with van der Waals surface area (Å²) in [6.45, 7) is 0. The van der Waals surface area contributed by atoms with Gasteiger partial charge < -0.3 is 0 Å². The molecule has 3 nitrogen and oxygen atoms in total. The molecule has 4 rings (SSSR count). The van der Waals surface area contributed by atoms with Crippen LogP contribution in [0.15, 0.2) is 76.7 Å². The summed E-state index contributed by atoms with van der Waals surface area (Å²) in [6, 6.07) is 12.8. The van der Waals surface area contributed by atoms with Crippen LogP contribution in [0.2, 0.25) is 5.02 Å². The summed E-state index contributed by atoms with van der Waals surface area (Å²) in [4.78, 5) is 3.27. The number of fused-ring (bicyclic) bond motifs is 1. The van der Waals surface area contributed by atoms with Crippen molar-refractivity contribution >= 4 is 32.3 Å². The molecule has 0 N–H and O–H groups in total. The van der Waals surface area contributed by atoms with Gasteiger partial charge in [0.1, 0.15) is 11.3 Å². The molecule has 0 saturated carbocycles. The maximum Gasteiger partial charge on any atom is 0.208 e. The molecule has 0 saturated heterocycles. The number of sulfone groups is 1. The van der Waals surface area contributed by atoms with Crippen molar-refractivity contribution in [2.75, 3.05) is 0 Å². The van der Waals surface area contributed by atoms with E-state index in [1.54, 1.807) is 30.3 Å². The average Bonchev–Trinajstić information content (AvgIpc) is 2.70. The van der Waals surface area contributed by atoms with E-state index in [0.717, 1.165) is 18.3 Å². The summed E-state index contributed by atoms with van der Waals surface area (Å²) >= 11 is 5.93. The van der Waals surface area contributed by atoms with Crippen molar-refractivity contribution in [3.8, 4) is 11.1 Å². The zero-order valence-corrected chi connectivity index (χ0v) is 16.1. The zero-order chi connectivity index (χ0) is 20.8. The van der Waals surface area contributed by atoms with Crippen molar-refractivity contribution in [1.29, 1.82) is 0 Å². The van der Waals surface area contributed by atoms with Gasteiger partial charge in [-0.3, -0.25) is 4.98 Å². The van der Waals surface area contributed by atoms with E-state index >= 15 is 0 Å². The summed E-state index contributed by atoms with van der Waals surface area (Å²) < 4.78 is 67.7. The summed E-state index contributed by atoms with van der Waals surface area (Å²) in [7, 11) is -4.30. The van der Waals surface area contributed by atoms with Crippen molar-refractivity contribution < 1.29 is 21.6 Å². The Kier molecular flexibility index (Phi) is 4.80. The van der Waals surface area contributed by atoms with Gasteiger partial charge in [0.2, 0.25) is 9.84 Å². The molecule has 0 bridgehead atoms. The number of halogens is 4. The number of nitrogens with zero attached hydrogens (tertiary/aromatic N) is 1. The van der Waals surface area contributed by atoms with E-state index in [9.17, 15) is 21.6 Å². The van der Waals surface area contributed by atoms with E-state index in [0.29, 0.717) is 16.7 Å².